The molecule has 4 heterocycles. The van der Waals surface area contributed by atoms with Gasteiger partial charge in [-0.25, -0.2) is 14.4 Å². The summed E-state index contributed by atoms with van der Waals surface area (Å²) in [5.41, 5.74) is 4.16. The Kier molecular flexibility index (Phi) is 5.71. The Balaban J connectivity index is 1.17. The Labute approximate surface area is 205 Å². The van der Waals surface area contributed by atoms with Crippen LogP contribution in [0.5, 0.6) is 0 Å². The number of hydrogen-bond acceptors (Lipinski definition) is 8. The number of hydrogen-bond donors (Lipinski definition) is 0. The van der Waals surface area contributed by atoms with Crippen molar-refractivity contribution in [3.05, 3.63) is 77.5 Å². The highest BCUT2D eigenvalue weighted by Gasteiger charge is 2.24. The zero-order chi connectivity index (χ0) is 23.8. The summed E-state index contributed by atoms with van der Waals surface area (Å²) < 4.78 is 19.0. The molecule has 2 aromatic carbocycles. The third kappa shape index (κ3) is 4.40. The van der Waals surface area contributed by atoms with Crippen LogP contribution in [-0.4, -0.2) is 51.2 Å². The SMILES string of the molecule is Cc1ccc(-c2noc(CN3CCN(c4ncnc5scc(-c6ccc(F)cc6)c45)CC3)n2)cc1. The number of nitrogens with zero attached hydrogens (tertiary/aromatic N) is 6. The van der Waals surface area contributed by atoms with Gasteiger partial charge in [0, 0.05) is 42.7 Å². The first-order valence-electron chi connectivity index (χ1n) is 11.5. The number of piperazine rings is 1. The molecule has 0 spiro atoms. The lowest BCUT2D eigenvalue weighted by Crippen LogP contribution is -2.46. The molecule has 176 valence electrons. The fourth-order valence-electron chi connectivity index (χ4n) is 4.39. The number of aromatic nitrogens is 4. The quantitative estimate of drug-likeness (QED) is 0.339. The van der Waals surface area contributed by atoms with Gasteiger partial charge in [0.15, 0.2) is 0 Å². The predicted molar refractivity (Wildman–Crippen MR) is 135 cm³/mol. The normalized spacial score (nSPS) is 14.6. The fraction of sp³-hybridized carbons (Fsp3) is 0.231. The highest BCUT2D eigenvalue weighted by atomic mass is 32.1. The first-order chi connectivity index (χ1) is 17.1. The Morgan fingerprint density at radius 2 is 1.69 bits per heavy atom. The van der Waals surface area contributed by atoms with Crippen molar-refractivity contribution >= 4 is 27.4 Å². The number of aryl methyl sites for hydroxylation is 1. The van der Waals surface area contributed by atoms with Crippen LogP contribution in [0.2, 0.25) is 0 Å². The van der Waals surface area contributed by atoms with Gasteiger partial charge in [0.2, 0.25) is 11.7 Å². The number of fused-ring (bicyclic) bond motifs is 1. The molecule has 0 bridgehead atoms. The Morgan fingerprint density at radius 3 is 2.46 bits per heavy atom. The molecule has 3 aromatic heterocycles. The van der Waals surface area contributed by atoms with Crippen molar-refractivity contribution in [1.82, 2.24) is 25.0 Å². The molecule has 0 amide bonds. The van der Waals surface area contributed by atoms with E-state index in [9.17, 15) is 4.39 Å². The maximum atomic E-state index is 13.5. The molecule has 7 nitrogen and oxygen atoms in total. The van der Waals surface area contributed by atoms with Gasteiger partial charge in [-0.2, -0.15) is 4.98 Å². The van der Waals surface area contributed by atoms with Crippen molar-refractivity contribution in [2.24, 2.45) is 0 Å². The minimum Gasteiger partial charge on any atom is -0.353 e. The van der Waals surface area contributed by atoms with E-state index in [1.165, 1.54) is 17.7 Å². The van der Waals surface area contributed by atoms with Gasteiger partial charge >= 0.3 is 0 Å². The lowest BCUT2D eigenvalue weighted by molar-refractivity contribution is 0.215. The molecule has 6 rings (SSSR count). The van der Waals surface area contributed by atoms with E-state index in [1.807, 2.05) is 24.3 Å². The van der Waals surface area contributed by atoms with Crippen LogP contribution in [0.4, 0.5) is 10.2 Å². The average Bonchev–Trinajstić information content (AvgIpc) is 3.53. The standard InChI is InChI=1S/C26H23FN6OS/c1-17-2-4-19(5-3-17)24-30-22(34-31-24)14-32-10-12-33(13-11-32)25-23-21(15-35-26(23)29-16-28-25)18-6-8-20(27)9-7-18/h2-9,15-16H,10-14H2,1H3. The summed E-state index contributed by atoms with van der Waals surface area (Å²) in [4.78, 5) is 19.3. The number of benzene rings is 2. The largest absolute Gasteiger partial charge is 0.353 e. The third-order valence-corrected chi connectivity index (χ3v) is 7.20. The zero-order valence-electron chi connectivity index (χ0n) is 19.2. The summed E-state index contributed by atoms with van der Waals surface area (Å²) in [6, 6.07) is 14.7. The van der Waals surface area contributed by atoms with E-state index < -0.39 is 0 Å². The van der Waals surface area contributed by atoms with Crippen LogP contribution in [-0.2, 0) is 6.54 Å². The molecule has 35 heavy (non-hydrogen) atoms. The molecule has 1 aliphatic heterocycles. The smallest absolute Gasteiger partial charge is 0.241 e. The zero-order valence-corrected chi connectivity index (χ0v) is 20.0. The van der Waals surface area contributed by atoms with Crippen molar-refractivity contribution in [2.75, 3.05) is 31.1 Å². The fourth-order valence-corrected chi connectivity index (χ4v) is 5.30. The van der Waals surface area contributed by atoms with Crippen molar-refractivity contribution in [3.8, 4) is 22.5 Å². The van der Waals surface area contributed by atoms with Crippen LogP contribution in [0.15, 0.2) is 64.8 Å². The summed E-state index contributed by atoms with van der Waals surface area (Å²) in [7, 11) is 0. The Hall–Kier alpha value is -3.69. The van der Waals surface area contributed by atoms with Gasteiger partial charge in [0.05, 0.1) is 11.9 Å². The van der Waals surface area contributed by atoms with Crippen LogP contribution in [0, 0.1) is 12.7 Å². The van der Waals surface area contributed by atoms with Crippen LogP contribution in [0.25, 0.3) is 32.7 Å². The van der Waals surface area contributed by atoms with Crippen LogP contribution < -0.4 is 4.90 Å². The minimum atomic E-state index is -0.242. The van der Waals surface area contributed by atoms with Crippen molar-refractivity contribution in [2.45, 2.75) is 13.5 Å². The number of halogens is 1. The highest BCUT2D eigenvalue weighted by Crippen LogP contribution is 2.38. The maximum absolute atomic E-state index is 13.5. The van der Waals surface area contributed by atoms with Gasteiger partial charge in [0.25, 0.3) is 0 Å². The van der Waals surface area contributed by atoms with Gasteiger partial charge in [-0.3, -0.25) is 4.90 Å². The van der Waals surface area contributed by atoms with Crippen LogP contribution >= 0.6 is 11.3 Å². The second-order valence-corrected chi connectivity index (χ2v) is 9.53. The number of anilines is 1. The third-order valence-electron chi connectivity index (χ3n) is 6.31. The molecule has 1 fully saturated rings. The van der Waals surface area contributed by atoms with E-state index in [0.29, 0.717) is 18.3 Å². The van der Waals surface area contributed by atoms with Crippen LogP contribution in [0.3, 0.4) is 0 Å². The maximum Gasteiger partial charge on any atom is 0.241 e. The van der Waals surface area contributed by atoms with E-state index in [2.05, 4.69) is 42.2 Å². The molecule has 1 saturated heterocycles. The van der Waals surface area contributed by atoms with Gasteiger partial charge in [-0.15, -0.1) is 11.3 Å². The molecule has 0 atom stereocenters. The number of thiophene rings is 1. The molecule has 0 radical (unpaired) electrons. The molecule has 9 heteroatoms. The van der Waals surface area contributed by atoms with Gasteiger partial charge in [0.1, 0.15) is 22.8 Å². The molecular weight excluding hydrogens is 463 g/mol. The monoisotopic (exact) mass is 486 g/mol. The Bertz CT molecular complexity index is 1460. The summed E-state index contributed by atoms with van der Waals surface area (Å²) in [5.74, 6) is 1.92. The second-order valence-electron chi connectivity index (χ2n) is 8.67. The van der Waals surface area contributed by atoms with Crippen LogP contribution in [0.1, 0.15) is 11.5 Å². The Morgan fingerprint density at radius 1 is 0.943 bits per heavy atom. The van der Waals surface area contributed by atoms with Gasteiger partial charge < -0.3 is 9.42 Å². The average molecular weight is 487 g/mol. The summed E-state index contributed by atoms with van der Waals surface area (Å²) in [5, 5.41) is 7.26. The molecule has 0 aliphatic carbocycles. The topological polar surface area (TPSA) is 71.2 Å². The van der Waals surface area contributed by atoms with Gasteiger partial charge in [-0.05, 0) is 24.6 Å². The van der Waals surface area contributed by atoms with E-state index in [4.69, 9.17) is 4.52 Å². The molecule has 0 saturated carbocycles. The molecule has 0 unspecified atom stereocenters. The summed E-state index contributed by atoms with van der Waals surface area (Å²) >= 11 is 1.59. The minimum absolute atomic E-state index is 0.242. The van der Waals surface area contributed by atoms with Gasteiger partial charge in [-0.1, -0.05) is 47.1 Å². The van der Waals surface area contributed by atoms with Crippen molar-refractivity contribution in [1.29, 1.82) is 0 Å². The molecule has 0 N–H and O–H groups in total. The highest BCUT2D eigenvalue weighted by molar-refractivity contribution is 7.17. The van der Waals surface area contributed by atoms with Crippen molar-refractivity contribution < 1.29 is 8.91 Å². The van der Waals surface area contributed by atoms with Crippen molar-refractivity contribution in [3.63, 3.8) is 0 Å². The van der Waals surface area contributed by atoms with E-state index in [1.54, 1.807) is 29.8 Å². The lowest BCUT2D eigenvalue weighted by Gasteiger charge is -2.35. The second kappa shape index (κ2) is 9.16. The molecule has 5 aromatic rings. The molecule has 1 aliphatic rings. The lowest BCUT2D eigenvalue weighted by atomic mass is 10.1. The summed E-state index contributed by atoms with van der Waals surface area (Å²) in [6.07, 6.45) is 1.63. The van der Waals surface area contributed by atoms with E-state index in [0.717, 1.165) is 58.9 Å². The molecular formula is C26H23FN6OS. The van der Waals surface area contributed by atoms with E-state index in [-0.39, 0.29) is 5.82 Å². The predicted octanol–water partition coefficient (Wildman–Crippen LogP) is 5.18. The first kappa shape index (κ1) is 21.8. The number of rotatable bonds is 5. The first-order valence-corrected chi connectivity index (χ1v) is 12.4. The van der Waals surface area contributed by atoms with E-state index >= 15 is 0 Å². The summed E-state index contributed by atoms with van der Waals surface area (Å²) in [6.45, 7) is 6.02.